The number of carbonyl (C=O) groups excluding carboxylic acids is 2. The van der Waals surface area contributed by atoms with Crippen LogP contribution in [0.5, 0.6) is 5.75 Å². The minimum absolute atomic E-state index is 0.108. The first kappa shape index (κ1) is 26.7. The molecule has 1 aromatic carbocycles. The third kappa shape index (κ3) is 6.14. The van der Waals surface area contributed by atoms with E-state index in [1.807, 2.05) is 10.9 Å². The molecule has 0 saturated carbocycles. The fraction of sp³-hybridized carbons (Fsp3) is 0.360. The summed E-state index contributed by atoms with van der Waals surface area (Å²) in [4.78, 5) is 29.0. The van der Waals surface area contributed by atoms with E-state index in [9.17, 15) is 14.0 Å². The first-order valence-corrected chi connectivity index (χ1v) is 12.4. The largest absolute Gasteiger partial charge is 0.482 e. The molecule has 0 bridgehead atoms. The highest BCUT2D eigenvalue weighted by Gasteiger charge is 2.25. The van der Waals surface area contributed by atoms with Crippen LogP contribution in [0.15, 0.2) is 36.8 Å². The van der Waals surface area contributed by atoms with Gasteiger partial charge in [0, 0.05) is 54.1 Å². The molecule has 4 rings (SSSR count). The van der Waals surface area contributed by atoms with E-state index >= 15 is 0 Å². The molecule has 1 fully saturated rings. The Bertz CT molecular complexity index is 1310. The van der Waals surface area contributed by atoms with E-state index in [2.05, 4.69) is 10.1 Å². The maximum atomic E-state index is 14.0. The number of rotatable bonds is 7. The van der Waals surface area contributed by atoms with Crippen LogP contribution in [0.25, 0.3) is 11.1 Å². The Hall–Kier alpha value is -3.37. The third-order valence-electron chi connectivity index (χ3n) is 6.20. The molecule has 196 valence electrons. The summed E-state index contributed by atoms with van der Waals surface area (Å²) < 4.78 is 26.6. The second-order valence-electron chi connectivity index (χ2n) is 8.73. The predicted octanol–water partition coefficient (Wildman–Crippen LogP) is 4.84. The Morgan fingerprint density at radius 1 is 1.22 bits per heavy atom. The summed E-state index contributed by atoms with van der Waals surface area (Å²) in [6.45, 7) is 3.82. The molecule has 1 saturated heterocycles. The van der Waals surface area contributed by atoms with Gasteiger partial charge < -0.3 is 20.1 Å². The minimum atomic E-state index is -0.688. The smallest absolute Gasteiger partial charge is 0.303 e. The molecule has 3 aromatic rings. The topological polar surface area (TPSA) is 113 Å². The van der Waals surface area contributed by atoms with E-state index in [1.54, 1.807) is 30.3 Å². The lowest BCUT2D eigenvalue weighted by Crippen LogP contribution is -2.41. The SMILES string of the molecule is CC(=O)OCC(=O)N1CCC(n2cc(-c3cnc(N)c(OC(C)c4c(Cl)ccc(F)c4Cl)c3)cn2)CC1. The van der Waals surface area contributed by atoms with E-state index < -0.39 is 17.9 Å². The number of anilines is 1. The minimum Gasteiger partial charge on any atom is -0.482 e. The Morgan fingerprint density at radius 2 is 1.95 bits per heavy atom. The van der Waals surface area contributed by atoms with Gasteiger partial charge in [-0.3, -0.25) is 14.3 Å². The predicted molar refractivity (Wildman–Crippen MR) is 137 cm³/mol. The van der Waals surface area contributed by atoms with Crippen LogP contribution in [0.3, 0.4) is 0 Å². The molecule has 1 amide bonds. The Balaban J connectivity index is 1.44. The van der Waals surface area contributed by atoms with Crippen molar-refractivity contribution in [2.24, 2.45) is 0 Å². The molecule has 1 aliphatic rings. The molecule has 12 heteroatoms. The third-order valence-corrected chi connectivity index (χ3v) is 6.91. The molecule has 1 atom stereocenters. The van der Waals surface area contributed by atoms with Crippen LogP contribution >= 0.6 is 23.2 Å². The van der Waals surface area contributed by atoms with Crippen molar-refractivity contribution < 1.29 is 23.5 Å². The van der Waals surface area contributed by atoms with Crippen molar-refractivity contribution in [1.82, 2.24) is 19.7 Å². The van der Waals surface area contributed by atoms with Crippen LogP contribution in [0, 0.1) is 5.82 Å². The summed E-state index contributed by atoms with van der Waals surface area (Å²) in [5, 5.41) is 4.68. The summed E-state index contributed by atoms with van der Waals surface area (Å²) in [5.41, 5.74) is 7.89. The fourth-order valence-electron chi connectivity index (χ4n) is 4.19. The number of nitrogens with zero attached hydrogens (tertiary/aromatic N) is 4. The van der Waals surface area contributed by atoms with Gasteiger partial charge >= 0.3 is 5.97 Å². The van der Waals surface area contributed by atoms with Crippen LogP contribution in [-0.2, 0) is 14.3 Å². The Kier molecular flexibility index (Phi) is 8.19. The molecule has 9 nitrogen and oxygen atoms in total. The molecule has 2 N–H and O–H groups in total. The van der Waals surface area contributed by atoms with E-state index in [-0.39, 0.29) is 34.4 Å². The Labute approximate surface area is 223 Å². The van der Waals surface area contributed by atoms with Gasteiger partial charge in [-0.25, -0.2) is 9.37 Å². The van der Waals surface area contributed by atoms with Gasteiger partial charge in [0.2, 0.25) is 0 Å². The number of amides is 1. The number of likely N-dealkylation sites (tertiary alicyclic amines) is 1. The van der Waals surface area contributed by atoms with Gasteiger partial charge in [0.05, 0.1) is 17.3 Å². The molecule has 37 heavy (non-hydrogen) atoms. The summed E-state index contributed by atoms with van der Waals surface area (Å²) in [6.07, 6.45) is 5.99. The van der Waals surface area contributed by atoms with Crippen molar-refractivity contribution >= 4 is 40.9 Å². The van der Waals surface area contributed by atoms with Crippen molar-refractivity contribution in [3.63, 3.8) is 0 Å². The van der Waals surface area contributed by atoms with Crippen LogP contribution < -0.4 is 10.5 Å². The van der Waals surface area contributed by atoms with E-state index in [0.717, 1.165) is 11.1 Å². The molecule has 0 spiro atoms. The normalized spacial score (nSPS) is 14.9. The van der Waals surface area contributed by atoms with Crippen molar-refractivity contribution in [2.45, 2.75) is 38.8 Å². The van der Waals surface area contributed by atoms with Crippen LogP contribution in [0.4, 0.5) is 10.2 Å². The zero-order valence-electron chi connectivity index (χ0n) is 20.3. The number of pyridine rings is 1. The maximum Gasteiger partial charge on any atom is 0.303 e. The maximum absolute atomic E-state index is 14.0. The molecular formula is C25H26Cl2FN5O4. The molecular weight excluding hydrogens is 524 g/mol. The van der Waals surface area contributed by atoms with Gasteiger partial charge in [-0.2, -0.15) is 5.10 Å². The molecule has 1 unspecified atom stereocenters. The van der Waals surface area contributed by atoms with Crippen molar-refractivity contribution in [3.05, 3.63) is 58.2 Å². The lowest BCUT2D eigenvalue weighted by atomic mass is 10.1. The molecule has 1 aliphatic heterocycles. The van der Waals surface area contributed by atoms with Gasteiger partial charge in [-0.05, 0) is 38.0 Å². The highest BCUT2D eigenvalue weighted by molar-refractivity contribution is 6.36. The number of piperidine rings is 1. The number of benzene rings is 1. The average Bonchev–Trinajstić information content (AvgIpc) is 3.37. The average molecular weight is 550 g/mol. The van der Waals surface area contributed by atoms with E-state index in [4.69, 9.17) is 38.4 Å². The molecule has 0 aliphatic carbocycles. The van der Waals surface area contributed by atoms with Gasteiger partial charge in [0.1, 0.15) is 11.9 Å². The Morgan fingerprint density at radius 3 is 2.65 bits per heavy atom. The first-order chi connectivity index (χ1) is 17.6. The van der Waals surface area contributed by atoms with Crippen LogP contribution in [0.1, 0.15) is 44.4 Å². The summed E-state index contributed by atoms with van der Waals surface area (Å²) in [6, 6.07) is 4.46. The monoisotopic (exact) mass is 549 g/mol. The fourth-order valence-corrected chi connectivity index (χ4v) is 4.87. The number of carbonyl (C=O) groups is 2. The first-order valence-electron chi connectivity index (χ1n) is 11.6. The van der Waals surface area contributed by atoms with E-state index in [1.165, 1.54) is 19.1 Å². The quantitative estimate of drug-likeness (QED) is 0.331. The van der Waals surface area contributed by atoms with E-state index in [0.29, 0.717) is 37.2 Å². The summed E-state index contributed by atoms with van der Waals surface area (Å²) in [5.74, 6) is -0.811. The molecule has 0 radical (unpaired) electrons. The molecule has 2 aromatic heterocycles. The van der Waals surface area contributed by atoms with Gasteiger partial charge in [-0.15, -0.1) is 0 Å². The highest BCUT2D eigenvalue weighted by Crippen LogP contribution is 2.37. The van der Waals surface area contributed by atoms with Gasteiger partial charge in [0.15, 0.2) is 18.2 Å². The lowest BCUT2D eigenvalue weighted by molar-refractivity contribution is -0.150. The van der Waals surface area contributed by atoms with Gasteiger partial charge in [0.25, 0.3) is 5.91 Å². The number of esters is 1. The zero-order valence-corrected chi connectivity index (χ0v) is 21.8. The van der Waals surface area contributed by atoms with Crippen LogP contribution in [0.2, 0.25) is 10.0 Å². The van der Waals surface area contributed by atoms with Crippen molar-refractivity contribution in [2.75, 3.05) is 25.4 Å². The standard InChI is InChI=1S/C25H26Cl2FN5O4/c1-14(23-19(26)3-4-20(28)24(23)27)37-21-9-16(10-30-25(21)29)17-11-31-33(12-17)18-5-7-32(8-6-18)22(35)13-36-15(2)34/h3-4,9-12,14,18H,5-8,13H2,1-2H3,(H2,29,30). The number of ether oxygens (including phenoxy) is 2. The number of hydrogen-bond acceptors (Lipinski definition) is 7. The number of nitrogen functional groups attached to an aromatic ring is 1. The number of aromatic nitrogens is 3. The van der Waals surface area contributed by atoms with Gasteiger partial charge in [-0.1, -0.05) is 23.2 Å². The van der Waals surface area contributed by atoms with Crippen molar-refractivity contribution in [3.8, 4) is 16.9 Å². The van der Waals surface area contributed by atoms with Crippen LogP contribution in [-0.4, -0.2) is 51.2 Å². The number of hydrogen-bond donors (Lipinski definition) is 1. The zero-order chi connectivity index (χ0) is 26.7. The summed E-state index contributed by atoms with van der Waals surface area (Å²) in [7, 11) is 0. The highest BCUT2D eigenvalue weighted by atomic mass is 35.5. The lowest BCUT2D eigenvalue weighted by Gasteiger charge is -2.31. The molecule has 3 heterocycles. The number of nitrogens with two attached hydrogens (primary N) is 1. The number of halogens is 3. The second-order valence-corrected chi connectivity index (χ2v) is 9.51. The van der Waals surface area contributed by atoms with Crippen molar-refractivity contribution in [1.29, 1.82) is 0 Å². The summed E-state index contributed by atoms with van der Waals surface area (Å²) >= 11 is 12.3. The second kappa shape index (κ2) is 11.4.